The van der Waals surface area contributed by atoms with Crippen LogP contribution in [-0.4, -0.2) is 24.5 Å². The topological polar surface area (TPSA) is 32.3 Å². The van der Waals surface area contributed by atoms with E-state index in [9.17, 15) is 9.18 Å². The van der Waals surface area contributed by atoms with Crippen molar-refractivity contribution in [3.63, 3.8) is 0 Å². The zero-order valence-corrected chi connectivity index (χ0v) is 11.1. The molecule has 1 N–H and O–H groups in total. The van der Waals surface area contributed by atoms with E-state index in [1.807, 2.05) is 0 Å². The summed E-state index contributed by atoms with van der Waals surface area (Å²) in [6.07, 6.45) is 1.64. The molecule has 0 heterocycles. The van der Waals surface area contributed by atoms with Gasteiger partial charge in [0.25, 0.3) is 0 Å². The molecule has 0 saturated carbocycles. The molecule has 0 radical (unpaired) electrons. The van der Waals surface area contributed by atoms with Crippen LogP contribution in [0.2, 0.25) is 0 Å². The van der Waals surface area contributed by atoms with Crippen LogP contribution in [0.15, 0.2) is 35.3 Å². The molecule has 0 aliphatic carbocycles. The number of rotatable bonds is 4. The highest BCUT2D eigenvalue weighted by atomic mass is 79.9. The summed E-state index contributed by atoms with van der Waals surface area (Å²) in [6, 6.07) is 4.54. The zero-order chi connectivity index (χ0) is 12.8. The Hall–Kier alpha value is -1.36. The Balaban J connectivity index is 2.52. The van der Waals surface area contributed by atoms with Gasteiger partial charge in [-0.15, -0.1) is 6.58 Å². The minimum atomic E-state index is -0.337. The minimum Gasteiger partial charge on any atom is -0.334 e. The third kappa shape index (κ3) is 4.19. The van der Waals surface area contributed by atoms with Crippen LogP contribution in [0.5, 0.6) is 0 Å². The smallest absolute Gasteiger partial charge is 0.317 e. The van der Waals surface area contributed by atoms with E-state index in [4.69, 9.17) is 0 Å². The van der Waals surface area contributed by atoms with Crippen LogP contribution in [0.3, 0.4) is 0 Å². The van der Waals surface area contributed by atoms with Gasteiger partial charge >= 0.3 is 6.03 Å². The van der Waals surface area contributed by atoms with Gasteiger partial charge in [0, 0.05) is 20.1 Å². The van der Waals surface area contributed by atoms with E-state index in [2.05, 4.69) is 27.8 Å². The first-order valence-electron chi connectivity index (χ1n) is 5.08. The standard InChI is InChI=1S/C12H14BrFN2O/c1-3-6-16(2)12(17)15-8-9-4-5-10(13)11(14)7-9/h3-5,7H,1,6,8H2,2H3,(H,15,17). The number of halogens is 2. The van der Waals surface area contributed by atoms with Crippen molar-refractivity contribution in [3.8, 4) is 0 Å². The summed E-state index contributed by atoms with van der Waals surface area (Å²) < 4.78 is 13.6. The van der Waals surface area contributed by atoms with Crippen molar-refractivity contribution < 1.29 is 9.18 Å². The van der Waals surface area contributed by atoms with Gasteiger partial charge < -0.3 is 10.2 Å². The highest BCUT2D eigenvalue weighted by Gasteiger charge is 2.06. The van der Waals surface area contributed by atoms with Gasteiger partial charge in [-0.25, -0.2) is 9.18 Å². The van der Waals surface area contributed by atoms with Crippen LogP contribution in [0.1, 0.15) is 5.56 Å². The average molecular weight is 301 g/mol. The molecule has 0 aromatic heterocycles. The van der Waals surface area contributed by atoms with Crippen molar-refractivity contribution in [1.29, 1.82) is 0 Å². The first-order chi connectivity index (χ1) is 8.04. The van der Waals surface area contributed by atoms with Crippen LogP contribution in [-0.2, 0) is 6.54 Å². The monoisotopic (exact) mass is 300 g/mol. The van der Waals surface area contributed by atoms with Gasteiger partial charge in [0.15, 0.2) is 0 Å². The number of carbonyl (C=O) groups is 1. The summed E-state index contributed by atoms with van der Waals surface area (Å²) in [5.74, 6) is -0.337. The van der Waals surface area contributed by atoms with Gasteiger partial charge in [0.2, 0.25) is 0 Å². The maximum absolute atomic E-state index is 13.2. The Morgan fingerprint density at radius 1 is 1.65 bits per heavy atom. The Kier molecular flexibility index (Phi) is 5.15. The second-order valence-electron chi connectivity index (χ2n) is 3.58. The molecule has 1 aromatic rings. The lowest BCUT2D eigenvalue weighted by atomic mass is 10.2. The number of hydrogen-bond donors (Lipinski definition) is 1. The lowest BCUT2D eigenvalue weighted by Crippen LogP contribution is -2.36. The fourth-order valence-electron chi connectivity index (χ4n) is 1.24. The van der Waals surface area contributed by atoms with E-state index < -0.39 is 0 Å². The molecule has 2 amide bonds. The van der Waals surface area contributed by atoms with Gasteiger partial charge in [-0.1, -0.05) is 12.1 Å². The number of nitrogens with one attached hydrogen (secondary N) is 1. The Morgan fingerprint density at radius 3 is 2.94 bits per heavy atom. The summed E-state index contributed by atoms with van der Waals surface area (Å²) in [4.78, 5) is 13.0. The summed E-state index contributed by atoms with van der Waals surface area (Å²) in [6.45, 7) is 4.32. The van der Waals surface area contributed by atoms with Crippen LogP contribution in [0.25, 0.3) is 0 Å². The lowest BCUT2D eigenvalue weighted by molar-refractivity contribution is 0.212. The van der Waals surface area contributed by atoms with Gasteiger partial charge in [-0.2, -0.15) is 0 Å². The molecule has 0 bridgehead atoms. The number of hydrogen-bond acceptors (Lipinski definition) is 1. The van der Waals surface area contributed by atoms with E-state index >= 15 is 0 Å². The first-order valence-corrected chi connectivity index (χ1v) is 5.87. The maximum atomic E-state index is 13.2. The quantitative estimate of drug-likeness (QED) is 0.852. The number of benzene rings is 1. The molecule has 0 spiro atoms. The van der Waals surface area contributed by atoms with E-state index in [0.29, 0.717) is 23.1 Å². The Morgan fingerprint density at radius 2 is 2.35 bits per heavy atom. The number of nitrogens with zero attached hydrogens (tertiary/aromatic N) is 1. The largest absolute Gasteiger partial charge is 0.334 e. The molecule has 0 unspecified atom stereocenters. The van der Waals surface area contributed by atoms with Crippen molar-refractivity contribution in [3.05, 3.63) is 46.7 Å². The SMILES string of the molecule is C=CCN(C)C(=O)NCc1ccc(Br)c(F)c1. The van der Waals surface area contributed by atoms with E-state index in [-0.39, 0.29) is 11.8 Å². The predicted octanol–water partition coefficient (Wildman–Crippen LogP) is 2.92. The fraction of sp³-hybridized carbons (Fsp3) is 0.250. The molecule has 0 atom stereocenters. The third-order valence-electron chi connectivity index (χ3n) is 2.18. The van der Waals surface area contributed by atoms with Crippen LogP contribution in [0, 0.1) is 5.82 Å². The Bertz CT molecular complexity index is 423. The van der Waals surface area contributed by atoms with Crippen molar-refractivity contribution in [2.45, 2.75) is 6.54 Å². The molecule has 0 aliphatic heterocycles. The van der Waals surface area contributed by atoms with Gasteiger partial charge in [0.05, 0.1) is 4.47 Å². The van der Waals surface area contributed by atoms with Crippen molar-refractivity contribution in [2.75, 3.05) is 13.6 Å². The second-order valence-corrected chi connectivity index (χ2v) is 4.43. The molecule has 0 fully saturated rings. The lowest BCUT2D eigenvalue weighted by Gasteiger charge is -2.15. The summed E-state index contributed by atoms with van der Waals surface area (Å²) in [5.41, 5.74) is 0.714. The predicted molar refractivity (Wildman–Crippen MR) is 69.2 cm³/mol. The van der Waals surface area contributed by atoms with Gasteiger partial charge in [0.1, 0.15) is 5.82 Å². The molecule has 0 aliphatic rings. The van der Waals surface area contributed by atoms with Crippen LogP contribution < -0.4 is 5.32 Å². The number of likely N-dealkylation sites (N-methyl/N-ethyl adjacent to an activating group) is 1. The number of carbonyl (C=O) groups excluding carboxylic acids is 1. The average Bonchev–Trinajstić information content (AvgIpc) is 2.30. The number of urea groups is 1. The first kappa shape index (κ1) is 13.7. The van der Waals surface area contributed by atoms with Crippen molar-refractivity contribution in [2.24, 2.45) is 0 Å². The zero-order valence-electron chi connectivity index (χ0n) is 9.54. The molecule has 92 valence electrons. The van der Waals surface area contributed by atoms with Gasteiger partial charge in [-0.05, 0) is 33.6 Å². The number of amides is 2. The van der Waals surface area contributed by atoms with E-state index in [1.165, 1.54) is 11.0 Å². The van der Waals surface area contributed by atoms with E-state index in [0.717, 1.165) is 0 Å². The molecule has 3 nitrogen and oxygen atoms in total. The highest BCUT2D eigenvalue weighted by molar-refractivity contribution is 9.10. The molecular weight excluding hydrogens is 287 g/mol. The molecule has 1 aromatic carbocycles. The highest BCUT2D eigenvalue weighted by Crippen LogP contribution is 2.16. The van der Waals surface area contributed by atoms with Crippen LogP contribution >= 0.6 is 15.9 Å². The summed E-state index contributed by atoms with van der Waals surface area (Å²) in [7, 11) is 1.67. The molecule has 17 heavy (non-hydrogen) atoms. The molecule has 5 heteroatoms. The molecule has 0 saturated heterocycles. The van der Waals surface area contributed by atoms with Crippen LogP contribution in [0.4, 0.5) is 9.18 Å². The Labute approximate surface area is 108 Å². The summed E-state index contributed by atoms with van der Waals surface area (Å²) >= 11 is 3.07. The minimum absolute atomic E-state index is 0.215. The maximum Gasteiger partial charge on any atom is 0.317 e. The van der Waals surface area contributed by atoms with E-state index in [1.54, 1.807) is 25.3 Å². The third-order valence-corrected chi connectivity index (χ3v) is 2.82. The van der Waals surface area contributed by atoms with Crippen molar-refractivity contribution in [1.82, 2.24) is 10.2 Å². The summed E-state index contributed by atoms with van der Waals surface area (Å²) in [5, 5.41) is 2.69. The molecular formula is C12H14BrFN2O. The normalized spacial score (nSPS) is 9.82. The second kappa shape index (κ2) is 6.39. The fourth-order valence-corrected chi connectivity index (χ4v) is 1.49. The van der Waals surface area contributed by atoms with Crippen molar-refractivity contribution >= 4 is 22.0 Å². The van der Waals surface area contributed by atoms with Gasteiger partial charge in [-0.3, -0.25) is 0 Å². The molecule has 1 rings (SSSR count).